The number of rotatable bonds is 5. The molecule has 0 aromatic heterocycles. The number of fused-ring (bicyclic) bond motifs is 1. The number of aryl methyl sites for hydroxylation is 1. The lowest BCUT2D eigenvalue weighted by Crippen LogP contribution is -2.52. The lowest BCUT2D eigenvalue weighted by Gasteiger charge is -2.42. The Kier molecular flexibility index (Phi) is 6.28. The molecule has 2 N–H and O–H groups in total. The van der Waals surface area contributed by atoms with Gasteiger partial charge >= 0.3 is 12.0 Å². The van der Waals surface area contributed by atoms with Crippen molar-refractivity contribution in [2.45, 2.75) is 58.5 Å². The Morgan fingerprint density at radius 1 is 1.25 bits per heavy atom. The minimum atomic E-state index is -0.791. The van der Waals surface area contributed by atoms with E-state index in [1.807, 2.05) is 22.8 Å². The maximum absolute atomic E-state index is 13.0. The van der Waals surface area contributed by atoms with Gasteiger partial charge in [-0.05, 0) is 48.8 Å². The normalized spacial score (nSPS) is 22.0. The highest BCUT2D eigenvalue weighted by atomic mass is 16.4. The number of benzene rings is 1. The van der Waals surface area contributed by atoms with Crippen LogP contribution in [0.3, 0.4) is 0 Å². The summed E-state index contributed by atoms with van der Waals surface area (Å²) in [5.41, 5.74) is 2.58. The molecule has 6 heteroatoms. The van der Waals surface area contributed by atoms with E-state index >= 15 is 0 Å². The third-order valence-corrected chi connectivity index (χ3v) is 6.47. The van der Waals surface area contributed by atoms with E-state index in [1.54, 1.807) is 0 Å². The first-order valence-corrected chi connectivity index (χ1v) is 10.4. The highest BCUT2D eigenvalue weighted by molar-refractivity contribution is 5.75. The number of hydrogen-bond acceptors (Lipinski definition) is 3. The molecule has 0 spiro atoms. The number of aliphatic carboxylic acids is 1. The number of carboxylic acid groups (broad SMARTS) is 1. The lowest BCUT2D eigenvalue weighted by atomic mass is 9.70. The van der Waals surface area contributed by atoms with Gasteiger partial charge in [-0.3, -0.25) is 9.69 Å². The summed E-state index contributed by atoms with van der Waals surface area (Å²) in [6.07, 6.45) is 3.74. The second kappa shape index (κ2) is 8.52. The Morgan fingerprint density at radius 2 is 1.93 bits per heavy atom. The molecular weight excluding hydrogens is 354 g/mol. The van der Waals surface area contributed by atoms with Gasteiger partial charge in [0.2, 0.25) is 0 Å². The van der Waals surface area contributed by atoms with E-state index in [4.69, 9.17) is 5.11 Å². The second-order valence-corrected chi connectivity index (χ2v) is 8.74. The van der Waals surface area contributed by atoms with Crippen molar-refractivity contribution in [3.63, 3.8) is 0 Å². The molecule has 0 radical (unpaired) electrons. The van der Waals surface area contributed by atoms with Gasteiger partial charge in [-0.25, -0.2) is 4.79 Å². The summed E-state index contributed by atoms with van der Waals surface area (Å²) in [5, 5.41) is 12.4. The molecule has 1 unspecified atom stereocenters. The van der Waals surface area contributed by atoms with Crippen molar-refractivity contribution in [2.75, 3.05) is 26.2 Å². The highest BCUT2D eigenvalue weighted by Gasteiger charge is 2.38. The Morgan fingerprint density at radius 3 is 2.57 bits per heavy atom. The highest BCUT2D eigenvalue weighted by Crippen LogP contribution is 2.43. The molecule has 2 aliphatic rings. The molecule has 0 bridgehead atoms. The molecule has 6 nitrogen and oxygen atoms in total. The van der Waals surface area contributed by atoms with Crippen LogP contribution in [0.1, 0.15) is 57.2 Å². The van der Waals surface area contributed by atoms with Gasteiger partial charge in [0.05, 0.1) is 12.6 Å². The minimum Gasteiger partial charge on any atom is -0.480 e. The zero-order valence-corrected chi connectivity index (χ0v) is 17.3. The number of carboxylic acids is 1. The van der Waals surface area contributed by atoms with E-state index in [0.29, 0.717) is 13.1 Å². The van der Waals surface area contributed by atoms with E-state index in [9.17, 15) is 9.59 Å². The van der Waals surface area contributed by atoms with Gasteiger partial charge in [-0.1, -0.05) is 45.0 Å². The lowest BCUT2D eigenvalue weighted by molar-refractivity contribution is -0.139. The van der Waals surface area contributed by atoms with Gasteiger partial charge in [0.1, 0.15) is 0 Å². The Bertz CT molecular complexity index is 711. The number of nitrogens with one attached hydrogen (secondary N) is 1. The van der Waals surface area contributed by atoms with Crippen molar-refractivity contribution >= 4 is 12.0 Å². The van der Waals surface area contributed by atoms with Crippen molar-refractivity contribution in [1.29, 1.82) is 0 Å². The van der Waals surface area contributed by atoms with E-state index in [0.717, 1.165) is 32.2 Å². The Balaban J connectivity index is 1.62. The zero-order valence-electron chi connectivity index (χ0n) is 17.3. The van der Waals surface area contributed by atoms with Crippen LogP contribution in [0.2, 0.25) is 0 Å². The predicted octanol–water partition coefficient (Wildman–Crippen LogP) is 3.28. The average molecular weight is 388 g/mol. The van der Waals surface area contributed by atoms with Crippen LogP contribution in [0.4, 0.5) is 4.79 Å². The largest absolute Gasteiger partial charge is 0.480 e. The maximum atomic E-state index is 13.0. The monoisotopic (exact) mass is 387 g/mol. The smallest absolute Gasteiger partial charge is 0.317 e. The molecule has 1 aliphatic heterocycles. The topological polar surface area (TPSA) is 72.9 Å². The average Bonchev–Trinajstić information content (AvgIpc) is 2.68. The fraction of sp³-hybridized carbons (Fsp3) is 0.636. The van der Waals surface area contributed by atoms with E-state index < -0.39 is 5.97 Å². The molecule has 1 aromatic carbocycles. The van der Waals surface area contributed by atoms with Crippen molar-refractivity contribution in [3.8, 4) is 0 Å². The molecule has 2 amide bonds. The van der Waals surface area contributed by atoms with Crippen LogP contribution in [0.5, 0.6) is 0 Å². The van der Waals surface area contributed by atoms with Crippen molar-refractivity contribution in [3.05, 3.63) is 35.4 Å². The van der Waals surface area contributed by atoms with Crippen molar-refractivity contribution in [1.82, 2.24) is 15.1 Å². The fourth-order valence-corrected chi connectivity index (χ4v) is 4.66. The zero-order chi connectivity index (χ0) is 20.3. The standard InChI is InChI=1S/C22H33N3O3/c1-4-24(15-19(26)27)17-10-13-25(14-11-17)21(28)23-20-18-8-6-5-7-16(18)9-12-22(20,2)3/h5-8,17,20H,4,9-15H2,1-3H3,(H,23,28)(H,26,27). The van der Waals surface area contributed by atoms with Crippen LogP contribution < -0.4 is 5.32 Å². The molecule has 3 rings (SSSR count). The first kappa shape index (κ1) is 20.6. The van der Waals surface area contributed by atoms with Gasteiger partial charge < -0.3 is 15.3 Å². The second-order valence-electron chi connectivity index (χ2n) is 8.74. The van der Waals surface area contributed by atoms with Gasteiger partial charge in [-0.15, -0.1) is 0 Å². The quantitative estimate of drug-likeness (QED) is 0.813. The molecule has 154 valence electrons. The number of hydrogen-bond donors (Lipinski definition) is 2. The molecule has 28 heavy (non-hydrogen) atoms. The number of carbonyl (C=O) groups is 2. The number of likely N-dealkylation sites (N-methyl/N-ethyl adjacent to an activating group) is 1. The minimum absolute atomic E-state index is 0.00508. The van der Waals surface area contributed by atoms with Gasteiger partial charge in [-0.2, -0.15) is 0 Å². The van der Waals surface area contributed by atoms with E-state index in [1.165, 1.54) is 11.1 Å². The van der Waals surface area contributed by atoms with Crippen LogP contribution in [0.15, 0.2) is 24.3 Å². The molecule has 1 aliphatic carbocycles. The number of carbonyl (C=O) groups excluding carboxylic acids is 1. The molecule has 1 atom stereocenters. The molecule has 1 saturated heterocycles. The van der Waals surface area contributed by atoms with Crippen LogP contribution in [0, 0.1) is 5.41 Å². The molecule has 1 heterocycles. The summed E-state index contributed by atoms with van der Waals surface area (Å²) in [5.74, 6) is -0.791. The predicted molar refractivity (Wildman–Crippen MR) is 109 cm³/mol. The number of amides is 2. The molecular formula is C22H33N3O3. The summed E-state index contributed by atoms with van der Waals surface area (Å²) >= 11 is 0. The van der Waals surface area contributed by atoms with Gasteiger partial charge in [0, 0.05) is 19.1 Å². The summed E-state index contributed by atoms with van der Waals surface area (Å²) in [7, 11) is 0. The van der Waals surface area contributed by atoms with Crippen molar-refractivity contribution in [2.24, 2.45) is 5.41 Å². The third-order valence-electron chi connectivity index (χ3n) is 6.47. The molecule has 1 fully saturated rings. The SMILES string of the molecule is CCN(CC(=O)O)C1CCN(C(=O)NC2c3ccccc3CCC2(C)C)CC1. The van der Waals surface area contributed by atoms with Crippen LogP contribution in [-0.2, 0) is 11.2 Å². The number of likely N-dealkylation sites (tertiary alicyclic amines) is 1. The first-order valence-electron chi connectivity index (χ1n) is 10.4. The maximum Gasteiger partial charge on any atom is 0.317 e. The molecule has 0 saturated carbocycles. The summed E-state index contributed by atoms with van der Waals surface area (Å²) in [6.45, 7) is 8.57. The van der Waals surface area contributed by atoms with Crippen molar-refractivity contribution < 1.29 is 14.7 Å². The fourth-order valence-electron chi connectivity index (χ4n) is 4.66. The number of piperidine rings is 1. The summed E-state index contributed by atoms with van der Waals surface area (Å²) in [6, 6.07) is 8.66. The Hall–Kier alpha value is -2.08. The first-order chi connectivity index (χ1) is 13.3. The van der Waals surface area contributed by atoms with E-state index in [-0.39, 0.29) is 30.1 Å². The molecule has 1 aromatic rings. The van der Waals surface area contributed by atoms with Crippen LogP contribution >= 0.6 is 0 Å². The van der Waals surface area contributed by atoms with Gasteiger partial charge in [0.25, 0.3) is 0 Å². The van der Waals surface area contributed by atoms with Crippen LogP contribution in [-0.4, -0.2) is 59.1 Å². The Labute approximate surface area is 167 Å². The summed E-state index contributed by atoms with van der Waals surface area (Å²) < 4.78 is 0. The summed E-state index contributed by atoms with van der Waals surface area (Å²) in [4.78, 5) is 27.9. The van der Waals surface area contributed by atoms with Crippen LogP contribution in [0.25, 0.3) is 0 Å². The number of urea groups is 1. The third kappa shape index (κ3) is 4.49. The van der Waals surface area contributed by atoms with E-state index in [2.05, 4.69) is 37.4 Å². The number of nitrogens with zero attached hydrogens (tertiary/aromatic N) is 2. The van der Waals surface area contributed by atoms with Gasteiger partial charge in [0.15, 0.2) is 0 Å².